The molecule has 35 heavy (non-hydrogen) atoms. The topological polar surface area (TPSA) is 88.1 Å². The van der Waals surface area contributed by atoms with Crippen molar-refractivity contribution >= 4 is 39.6 Å². The normalized spacial score (nSPS) is 13.9. The number of nitrogens with zero attached hydrogens (tertiary/aromatic N) is 2. The second kappa shape index (κ2) is 11.0. The highest BCUT2D eigenvalue weighted by Gasteiger charge is 2.28. The van der Waals surface area contributed by atoms with Gasteiger partial charge in [-0.1, -0.05) is 30.3 Å². The first kappa shape index (κ1) is 24.8. The van der Waals surface area contributed by atoms with Crippen LogP contribution in [0.2, 0.25) is 0 Å². The van der Waals surface area contributed by atoms with Crippen LogP contribution in [0.4, 0.5) is 5.69 Å². The Bertz CT molecular complexity index is 1310. The molecule has 9 heteroatoms. The third kappa shape index (κ3) is 6.04. The molecule has 3 aromatic carbocycles. The standard InChI is InChI=1S/C26H27N3O4S2/c1-19-7-6-10-25(20(19)2)29(35(31,32)24-8-4-3-5-9-24)16-26(30)28-27-15-21-11-13-22(14-12-21)33-23-17-34-18-23/h3-15,23H,16-18H2,1-2H3,(H,28,30)/b27-15-. The molecule has 0 aromatic heterocycles. The van der Waals surface area contributed by atoms with E-state index in [1.807, 2.05) is 55.9 Å². The summed E-state index contributed by atoms with van der Waals surface area (Å²) in [6, 6.07) is 20.9. The van der Waals surface area contributed by atoms with Crippen molar-refractivity contribution in [2.24, 2.45) is 5.10 Å². The van der Waals surface area contributed by atoms with Crippen LogP contribution in [0.25, 0.3) is 0 Å². The fraction of sp³-hybridized carbons (Fsp3) is 0.231. The van der Waals surface area contributed by atoms with Gasteiger partial charge in [0.05, 0.1) is 16.8 Å². The zero-order chi connectivity index (χ0) is 24.8. The van der Waals surface area contributed by atoms with Gasteiger partial charge in [-0.2, -0.15) is 16.9 Å². The first-order chi connectivity index (χ1) is 16.8. The second-order valence-electron chi connectivity index (χ2n) is 8.18. The Labute approximate surface area is 210 Å². The van der Waals surface area contributed by atoms with Crippen LogP contribution >= 0.6 is 11.8 Å². The van der Waals surface area contributed by atoms with Crippen LogP contribution in [0, 0.1) is 13.8 Å². The number of carbonyl (C=O) groups excluding carboxylic acids is 1. The number of anilines is 1. The molecule has 3 aromatic rings. The minimum absolute atomic E-state index is 0.111. The van der Waals surface area contributed by atoms with Crippen molar-refractivity contribution in [3.63, 3.8) is 0 Å². The predicted molar refractivity (Wildman–Crippen MR) is 141 cm³/mol. The molecular formula is C26H27N3O4S2. The SMILES string of the molecule is Cc1cccc(N(CC(=O)N/N=C\c2ccc(OC3CSC3)cc2)S(=O)(=O)c2ccccc2)c1C. The van der Waals surface area contributed by atoms with Crippen LogP contribution in [0.3, 0.4) is 0 Å². The summed E-state index contributed by atoms with van der Waals surface area (Å²) < 4.78 is 33.9. The van der Waals surface area contributed by atoms with Crippen LogP contribution in [-0.4, -0.2) is 44.7 Å². The summed E-state index contributed by atoms with van der Waals surface area (Å²) in [6.07, 6.45) is 1.78. The van der Waals surface area contributed by atoms with E-state index in [9.17, 15) is 13.2 Å². The van der Waals surface area contributed by atoms with Crippen LogP contribution < -0.4 is 14.5 Å². The summed E-state index contributed by atoms with van der Waals surface area (Å²) in [4.78, 5) is 12.9. The van der Waals surface area contributed by atoms with Gasteiger partial charge in [0, 0.05) is 11.5 Å². The monoisotopic (exact) mass is 509 g/mol. The average Bonchev–Trinajstić information content (AvgIpc) is 2.83. The maximum Gasteiger partial charge on any atom is 0.264 e. The zero-order valence-electron chi connectivity index (χ0n) is 19.5. The number of carbonyl (C=O) groups is 1. The third-order valence-corrected chi connectivity index (χ3v) is 8.65. The minimum Gasteiger partial charge on any atom is -0.489 e. The van der Waals surface area contributed by atoms with Crippen molar-refractivity contribution in [1.29, 1.82) is 0 Å². The molecule has 0 radical (unpaired) electrons. The largest absolute Gasteiger partial charge is 0.489 e. The molecule has 1 heterocycles. The summed E-state index contributed by atoms with van der Waals surface area (Å²) in [5.74, 6) is 2.26. The maximum absolute atomic E-state index is 13.5. The van der Waals surface area contributed by atoms with Crippen LogP contribution in [0.1, 0.15) is 16.7 Å². The number of amides is 1. The highest BCUT2D eigenvalue weighted by molar-refractivity contribution is 8.00. The first-order valence-electron chi connectivity index (χ1n) is 11.1. The Morgan fingerprint density at radius 2 is 1.77 bits per heavy atom. The summed E-state index contributed by atoms with van der Waals surface area (Å²) in [5.41, 5.74) is 5.39. The second-order valence-corrected chi connectivity index (χ2v) is 11.1. The van der Waals surface area contributed by atoms with Gasteiger partial charge in [-0.15, -0.1) is 0 Å². The lowest BCUT2D eigenvalue weighted by Crippen LogP contribution is -2.40. The molecule has 4 rings (SSSR count). The third-order valence-electron chi connectivity index (χ3n) is 5.66. The Morgan fingerprint density at radius 1 is 1.06 bits per heavy atom. The molecule has 0 aliphatic carbocycles. The summed E-state index contributed by atoms with van der Waals surface area (Å²) in [7, 11) is -3.97. The Morgan fingerprint density at radius 3 is 2.43 bits per heavy atom. The highest BCUT2D eigenvalue weighted by atomic mass is 32.2. The molecule has 1 fully saturated rings. The van der Waals surface area contributed by atoms with E-state index in [2.05, 4.69) is 10.5 Å². The number of ether oxygens (including phenoxy) is 1. The molecular weight excluding hydrogens is 482 g/mol. The lowest BCUT2D eigenvalue weighted by molar-refractivity contribution is -0.119. The van der Waals surface area contributed by atoms with Crippen LogP contribution in [0.15, 0.2) is 82.8 Å². The average molecular weight is 510 g/mol. The summed E-state index contributed by atoms with van der Waals surface area (Å²) in [5, 5.41) is 4.01. The number of nitrogens with one attached hydrogen (secondary N) is 1. The van der Waals surface area contributed by atoms with Gasteiger partial charge in [0.25, 0.3) is 15.9 Å². The molecule has 0 bridgehead atoms. The number of thioether (sulfide) groups is 1. The van der Waals surface area contributed by atoms with Gasteiger partial charge in [-0.3, -0.25) is 9.10 Å². The molecule has 0 unspecified atom stereocenters. The molecule has 7 nitrogen and oxygen atoms in total. The van der Waals surface area contributed by atoms with E-state index >= 15 is 0 Å². The number of hydrazone groups is 1. The van der Waals surface area contributed by atoms with Crippen molar-refractivity contribution in [2.75, 3.05) is 22.4 Å². The van der Waals surface area contributed by atoms with Crippen molar-refractivity contribution in [1.82, 2.24) is 5.43 Å². The molecule has 0 saturated carbocycles. The molecule has 0 atom stereocenters. The molecule has 1 aliphatic rings. The van der Waals surface area contributed by atoms with Crippen molar-refractivity contribution in [3.05, 3.63) is 89.5 Å². The van der Waals surface area contributed by atoms with Crippen molar-refractivity contribution in [3.8, 4) is 5.75 Å². The predicted octanol–water partition coefficient (Wildman–Crippen LogP) is 4.14. The molecule has 1 amide bonds. The zero-order valence-corrected chi connectivity index (χ0v) is 21.2. The van der Waals surface area contributed by atoms with Gasteiger partial charge in [0.15, 0.2) is 0 Å². The molecule has 1 aliphatic heterocycles. The molecule has 1 N–H and O–H groups in total. The van der Waals surface area contributed by atoms with Gasteiger partial charge in [-0.25, -0.2) is 13.8 Å². The van der Waals surface area contributed by atoms with E-state index in [0.29, 0.717) is 5.69 Å². The lowest BCUT2D eigenvalue weighted by atomic mass is 10.1. The maximum atomic E-state index is 13.5. The van der Waals surface area contributed by atoms with Crippen LogP contribution in [-0.2, 0) is 14.8 Å². The smallest absolute Gasteiger partial charge is 0.264 e. The Balaban J connectivity index is 1.47. The van der Waals surface area contributed by atoms with Gasteiger partial charge in [0.1, 0.15) is 18.4 Å². The fourth-order valence-corrected chi connectivity index (χ4v) is 5.54. The van der Waals surface area contributed by atoms with E-state index in [0.717, 1.165) is 38.3 Å². The Hall–Kier alpha value is -3.30. The number of rotatable bonds is 9. The van der Waals surface area contributed by atoms with Gasteiger partial charge in [0.2, 0.25) is 0 Å². The van der Waals surface area contributed by atoms with Crippen LogP contribution in [0.5, 0.6) is 5.75 Å². The molecule has 0 spiro atoms. The number of benzene rings is 3. The number of aryl methyl sites for hydroxylation is 1. The van der Waals surface area contributed by atoms with E-state index in [1.165, 1.54) is 18.3 Å². The van der Waals surface area contributed by atoms with E-state index in [4.69, 9.17) is 4.74 Å². The molecule has 182 valence electrons. The highest BCUT2D eigenvalue weighted by Crippen LogP contribution is 2.28. The van der Waals surface area contributed by atoms with Crippen molar-refractivity contribution in [2.45, 2.75) is 24.8 Å². The minimum atomic E-state index is -3.97. The first-order valence-corrected chi connectivity index (χ1v) is 13.7. The van der Waals surface area contributed by atoms with E-state index < -0.39 is 22.5 Å². The van der Waals surface area contributed by atoms with Gasteiger partial charge < -0.3 is 4.74 Å². The van der Waals surface area contributed by atoms with Gasteiger partial charge in [-0.05, 0) is 73.0 Å². The lowest BCUT2D eigenvalue weighted by Gasteiger charge is -2.26. The van der Waals surface area contributed by atoms with E-state index in [-0.39, 0.29) is 11.0 Å². The fourth-order valence-electron chi connectivity index (χ4n) is 3.48. The van der Waals surface area contributed by atoms with Gasteiger partial charge >= 0.3 is 0 Å². The Kier molecular flexibility index (Phi) is 7.77. The summed E-state index contributed by atoms with van der Waals surface area (Å²) >= 11 is 1.86. The van der Waals surface area contributed by atoms with Crippen molar-refractivity contribution < 1.29 is 17.9 Å². The molecule has 1 saturated heterocycles. The number of hydrogen-bond acceptors (Lipinski definition) is 6. The number of sulfonamides is 1. The quantitative estimate of drug-likeness (QED) is 0.346. The summed E-state index contributed by atoms with van der Waals surface area (Å²) in [6.45, 7) is 3.33. The number of hydrogen-bond donors (Lipinski definition) is 1. The van der Waals surface area contributed by atoms with E-state index in [1.54, 1.807) is 30.3 Å².